The third kappa shape index (κ3) is 2.73. The van der Waals surface area contributed by atoms with Crippen molar-refractivity contribution in [3.8, 4) is 0 Å². The highest BCUT2D eigenvalue weighted by molar-refractivity contribution is 7.12. The fourth-order valence-corrected chi connectivity index (χ4v) is 2.78. The van der Waals surface area contributed by atoms with Gasteiger partial charge in [-0.1, -0.05) is 17.7 Å². The summed E-state index contributed by atoms with van der Waals surface area (Å²) in [4.78, 5) is 2.59. The molecule has 0 aliphatic rings. The number of nitrogens with one attached hydrogen (secondary N) is 1. The summed E-state index contributed by atoms with van der Waals surface area (Å²) in [5, 5.41) is 4.02. The molecule has 2 rings (SSSR count). The Kier molecular flexibility index (Phi) is 3.60. The maximum atomic E-state index is 6.13. The maximum Gasteiger partial charge on any atom is 0.0768 e. The molecule has 1 atom stereocenters. The highest BCUT2D eigenvalue weighted by Crippen LogP contribution is 2.32. The van der Waals surface area contributed by atoms with Gasteiger partial charge in [-0.2, -0.15) is 0 Å². The lowest BCUT2D eigenvalue weighted by molar-refractivity contribution is 0.909. The molecule has 2 nitrogen and oxygen atoms in total. The van der Waals surface area contributed by atoms with Gasteiger partial charge in [0.15, 0.2) is 0 Å². The number of anilines is 2. The van der Waals surface area contributed by atoms with E-state index in [9.17, 15) is 0 Å². The van der Waals surface area contributed by atoms with Crippen LogP contribution < -0.4 is 11.1 Å². The molecule has 17 heavy (non-hydrogen) atoms. The standard InChI is InChI=1S/C13H15ClN2S/c1-8-6-7-12(17-8)9(2)16-13-10(14)4-3-5-11(13)15/h3-7,9,16H,15H2,1-2H3. The summed E-state index contributed by atoms with van der Waals surface area (Å²) in [6.45, 7) is 4.21. The van der Waals surface area contributed by atoms with E-state index in [-0.39, 0.29) is 6.04 Å². The summed E-state index contributed by atoms with van der Waals surface area (Å²) in [6.07, 6.45) is 0. The molecule has 0 radical (unpaired) electrons. The monoisotopic (exact) mass is 266 g/mol. The van der Waals surface area contributed by atoms with Crippen LogP contribution in [0.3, 0.4) is 0 Å². The average molecular weight is 267 g/mol. The number of halogens is 1. The number of rotatable bonds is 3. The van der Waals surface area contributed by atoms with E-state index in [2.05, 4.69) is 31.3 Å². The van der Waals surface area contributed by atoms with E-state index in [1.807, 2.05) is 18.2 Å². The number of para-hydroxylation sites is 1. The van der Waals surface area contributed by atoms with Crippen molar-refractivity contribution in [1.29, 1.82) is 0 Å². The lowest BCUT2D eigenvalue weighted by atomic mass is 10.2. The van der Waals surface area contributed by atoms with Gasteiger partial charge in [-0.15, -0.1) is 11.3 Å². The molecule has 2 aromatic rings. The summed E-state index contributed by atoms with van der Waals surface area (Å²) in [5.74, 6) is 0. The molecule has 3 N–H and O–H groups in total. The molecule has 1 unspecified atom stereocenters. The van der Waals surface area contributed by atoms with Crippen LogP contribution in [0.5, 0.6) is 0 Å². The second-order valence-corrected chi connectivity index (χ2v) is 5.75. The van der Waals surface area contributed by atoms with Crippen molar-refractivity contribution in [3.63, 3.8) is 0 Å². The van der Waals surface area contributed by atoms with Gasteiger partial charge in [0.1, 0.15) is 0 Å². The Hall–Kier alpha value is -1.19. The van der Waals surface area contributed by atoms with Crippen molar-refractivity contribution in [2.24, 2.45) is 0 Å². The zero-order valence-corrected chi connectivity index (χ0v) is 11.4. The fraction of sp³-hybridized carbons (Fsp3) is 0.231. The summed E-state index contributed by atoms with van der Waals surface area (Å²) in [7, 11) is 0. The van der Waals surface area contributed by atoms with Crippen molar-refractivity contribution >= 4 is 34.3 Å². The first-order valence-electron chi connectivity index (χ1n) is 5.45. The molecular formula is C13H15ClN2S. The average Bonchev–Trinajstić information content (AvgIpc) is 2.70. The molecule has 90 valence electrons. The van der Waals surface area contributed by atoms with Gasteiger partial charge in [-0.05, 0) is 38.1 Å². The van der Waals surface area contributed by atoms with Gasteiger partial charge in [0, 0.05) is 9.75 Å². The summed E-state index contributed by atoms with van der Waals surface area (Å²) in [5.41, 5.74) is 7.40. The van der Waals surface area contributed by atoms with Gasteiger partial charge in [-0.25, -0.2) is 0 Å². The smallest absolute Gasteiger partial charge is 0.0768 e. The molecule has 4 heteroatoms. The zero-order valence-electron chi connectivity index (χ0n) is 9.83. The van der Waals surface area contributed by atoms with E-state index in [4.69, 9.17) is 17.3 Å². The minimum atomic E-state index is 0.205. The van der Waals surface area contributed by atoms with Crippen LogP contribution >= 0.6 is 22.9 Å². The Labute approximate surface area is 110 Å². The van der Waals surface area contributed by atoms with Gasteiger partial charge in [0.05, 0.1) is 22.4 Å². The second kappa shape index (κ2) is 4.98. The van der Waals surface area contributed by atoms with Gasteiger partial charge in [0.2, 0.25) is 0 Å². The van der Waals surface area contributed by atoms with E-state index >= 15 is 0 Å². The normalized spacial score (nSPS) is 12.4. The molecule has 0 aliphatic heterocycles. The van der Waals surface area contributed by atoms with E-state index in [1.54, 1.807) is 11.3 Å². The molecule has 1 aromatic heterocycles. The molecule has 0 aliphatic carbocycles. The number of hydrogen-bond donors (Lipinski definition) is 2. The van der Waals surface area contributed by atoms with Gasteiger partial charge in [-0.3, -0.25) is 0 Å². The first-order valence-corrected chi connectivity index (χ1v) is 6.64. The van der Waals surface area contributed by atoms with E-state index in [0.717, 1.165) is 5.69 Å². The number of thiophene rings is 1. The van der Waals surface area contributed by atoms with Crippen LogP contribution in [0.15, 0.2) is 30.3 Å². The topological polar surface area (TPSA) is 38.0 Å². The lowest BCUT2D eigenvalue weighted by Crippen LogP contribution is -2.07. The minimum absolute atomic E-state index is 0.205. The minimum Gasteiger partial charge on any atom is -0.397 e. The van der Waals surface area contributed by atoms with E-state index < -0.39 is 0 Å². The quantitative estimate of drug-likeness (QED) is 0.805. The molecular weight excluding hydrogens is 252 g/mol. The maximum absolute atomic E-state index is 6.13. The third-order valence-electron chi connectivity index (χ3n) is 2.59. The lowest BCUT2D eigenvalue weighted by Gasteiger charge is -2.16. The van der Waals surface area contributed by atoms with Gasteiger partial charge >= 0.3 is 0 Å². The van der Waals surface area contributed by atoms with Crippen LogP contribution in [0.4, 0.5) is 11.4 Å². The van der Waals surface area contributed by atoms with Crippen LogP contribution in [0.2, 0.25) is 5.02 Å². The highest BCUT2D eigenvalue weighted by atomic mass is 35.5. The SMILES string of the molecule is Cc1ccc(C(C)Nc2c(N)cccc2Cl)s1. The first-order chi connectivity index (χ1) is 8.08. The summed E-state index contributed by atoms with van der Waals surface area (Å²) < 4.78 is 0. The summed E-state index contributed by atoms with van der Waals surface area (Å²) >= 11 is 7.91. The molecule has 0 spiro atoms. The predicted octanol–water partition coefficient (Wildman–Crippen LogP) is 4.47. The van der Waals surface area contributed by atoms with Crippen molar-refractivity contribution in [2.75, 3.05) is 11.1 Å². The largest absolute Gasteiger partial charge is 0.397 e. The number of hydrogen-bond acceptors (Lipinski definition) is 3. The van der Waals surface area contributed by atoms with Crippen LogP contribution in [-0.2, 0) is 0 Å². The molecule has 1 aromatic carbocycles. The fourth-order valence-electron chi connectivity index (χ4n) is 1.67. The van der Waals surface area contributed by atoms with Gasteiger partial charge < -0.3 is 11.1 Å². The molecule has 0 bridgehead atoms. The van der Waals surface area contributed by atoms with Crippen molar-refractivity contribution < 1.29 is 0 Å². The van der Waals surface area contributed by atoms with Gasteiger partial charge in [0.25, 0.3) is 0 Å². The summed E-state index contributed by atoms with van der Waals surface area (Å²) in [6, 6.07) is 9.99. The molecule has 0 saturated heterocycles. The van der Waals surface area contributed by atoms with Crippen molar-refractivity contribution in [2.45, 2.75) is 19.9 Å². The first kappa shape index (κ1) is 12.3. The van der Waals surface area contributed by atoms with Crippen molar-refractivity contribution in [3.05, 3.63) is 45.1 Å². The van der Waals surface area contributed by atoms with Crippen LogP contribution in [0.1, 0.15) is 22.7 Å². The Morgan fingerprint density at radius 1 is 1.29 bits per heavy atom. The Balaban J connectivity index is 2.21. The van der Waals surface area contributed by atoms with Crippen LogP contribution in [0, 0.1) is 6.92 Å². The number of nitrogens with two attached hydrogens (primary N) is 1. The van der Waals surface area contributed by atoms with Crippen LogP contribution in [-0.4, -0.2) is 0 Å². The Bertz CT molecular complexity index is 502. The molecule has 0 fully saturated rings. The highest BCUT2D eigenvalue weighted by Gasteiger charge is 2.11. The number of aryl methyl sites for hydroxylation is 1. The van der Waals surface area contributed by atoms with E-state index in [1.165, 1.54) is 9.75 Å². The van der Waals surface area contributed by atoms with Crippen molar-refractivity contribution in [1.82, 2.24) is 0 Å². The third-order valence-corrected chi connectivity index (χ3v) is 4.09. The zero-order chi connectivity index (χ0) is 12.4. The second-order valence-electron chi connectivity index (χ2n) is 4.02. The molecule has 0 saturated carbocycles. The van der Waals surface area contributed by atoms with Crippen LogP contribution in [0.25, 0.3) is 0 Å². The predicted molar refractivity (Wildman–Crippen MR) is 77.0 cm³/mol. The Morgan fingerprint density at radius 3 is 2.65 bits per heavy atom. The molecule has 0 amide bonds. The number of benzene rings is 1. The van der Waals surface area contributed by atoms with E-state index in [0.29, 0.717) is 10.7 Å². The Morgan fingerprint density at radius 2 is 2.06 bits per heavy atom. The number of nitrogen functional groups attached to an aromatic ring is 1. The molecule has 1 heterocycles.